The number of nitrogens with one attached hydrogen (secondary N) is 1. The van der Waals surface area contributed by atoms with Gasteiger partial charge >= 0.3 is 18.1 Å². The second-order valence-electron chi connectivity index (χ2n) is 14.6. The Kier molecular flexibility index (Phi) is 18.8. The lowest BCUT2D eigenvalue weighted by Crippen LogP contribution is -2.34. The number of carbonyl (C=O) groups excluding carboxylic acids is 3. The molecule has 1 heterocycles. The van der Waals surface area contributed by atoms with Gasteiger partial charge < -0.3 is 35.2 Å². The maximum absolute atomic E-state index is 13.4. The first kappa shape index (κ1) is 47.8. The van der Waals surface area contributed by atoms with E-state index in [9.17, 15) is 52.5 Å². The average Bonchev–Trinajstić information content (AvgIpc) is 3.19. The van der Waals surface area contributed by atoms with E-state index in [1.54, 1.807) is 30.0 Å². The molecule has 1 atom stereocenters. The minimum atomic E-state index is -4.55. The molecule has 0 saturated carbocycles. The van der Waals surface area contributed by atoms with Crippen LogP contribution in [0.3, 0.4) is 0 Å². The number of carboxylic acid groups (broad SMARTS) is 2. The van der Waals surface area contributed by atoms with E-state index >= 15 is 0 Å². The zero-order valence-electron chi connectivity index (χ0n) is 33.7. The lowest BCUT2D eigenvalue weighted by atomic mass is 9.93. The van der Waals surface area contributed by atoms with Gasteiger partial charge in [-0.05, 0) is 102 Å². The van der Waals surface area contributed by atoms with Crippen LogP contribution >= 0.6 is 0 Å². The number of ether oxygens (including phenoxy) is 1. The highest BCUT2D eigenvalue weighted by molar-refractivity contribution is 6.01. The van der Waals surface area contributed by atoms with Gasteiger partial charge in [0, 0.05) is 63.8 Å². The van der Waals surface area contributed by atoms with E-state index in [0.29, 0.717) is 55.5 Å². The molecule has 4 N–H and O–H groups in total. The van der Waals surface area contributed by atoms with Crippen molar-refractivity contribution in [2.24, 2.45) is 11.8 Å². The molecule has 0 spiro atoms. The molecule has 1 aliphatic rings. The molecule has 3 amide bonds. The van der Waals surface area contributed by atoms with Gasteiger partial charge in [0.05, 0.1) is 18.4 Å². The summed E-state index contributed by atoms with van der Waals surface area (Å²) in [5, 5.41) is 30.3. The Labute approximate surface area is 342 Å². The molecule has 0 bridgehead atoms. The van der Waals surface area contributed by atoms with Crippen LogP contribution in [-0.4, -0.2) is 102 Å². The van der Waals surface area contributed by atoms with E-state index in [1.807, 2.05) is 0 Å². The van der Waals surface area contributed by atoms with E-state index in [-0.39, 0.29) is 53.0 Å². The summed E-state index contributed by atoms with van der Waals surface area (Å²) in [4.78, 5) is 63.1. The molecular formula is C44H54F3N3O9. The van der Waals surface area contributed by atoms with Crippen LogP contribution in [-0.2, 0) is 38.1 Å². The topological polar surface area (TPSA) is 174 Å². The van der Waals surface area contributed by atoms with Crippen molar-refractivity contribution in [3.8, 4) is 11.1 Å². The van der Waals surface area contributed by atoms with Gasteiger partial charge in [-0.1, -0.05) is 50.6 Å². The number of aliphatic hydroxyl groups is 1. The van der Waals surface area contributed by atoms with Crippen molar-refractivity contribution in [2.45, 2.75) is 64.5 Å². The number of amides is 3. The fourth-order valence-corrected chi connectivity index (χ4v) is 6.93. The van der Waals surface area contributed by atoms with Crippen LogP contribution in [0.2, 0.25) is 0 Å². The van der Waals surface area contributed by atoms with Gasteiger partial charge in [0.25, 0.3) is 11.8 Å². The molecule has 1 unspecified atom stereocenters. The number of benzene rings is 3. The molecule has 1 saturated heterocycles. The highest BCUT2D eigenvalue weighted by Gasteiger charge is 2.33. The van der Waals surface area contributed by atoms with E-state index in [1.165, 1.54) is 48.5 Å². The fraction of sp³-hybridized carbons (Fsp3) is 0.432. The summed E-state index contributed by atoms with van der Waals surface area (Å²) in [6.45, 7) is 7.82. The number of aliphatic carboxylic acids is 2. The van der Waals surface area contributed by atoms with Gasteiger partial charge in [-0.2, -0.15) is 13.2 Å². The molecule has 3 aromatic rings. The minimum Gasteiger partial charge on any atom is -0.481 e. The Morgan fingerprint density at radius 1 is 0.881 bits per heavy atom. The molecular weight excluding hydrogens is 771 g/mol. The lowest BCUT2D eigenvalue weighted by molar-refractivity contribution is -0.137. The third kappa shape index (κ3) is 15.0. The Morgan fingerprint density at radius 2 is 1.47 bits per heavy atom. The van der Waals surface area contributed by atoms with Gasteiger partial charge in [0.15, 0.2) is 0 Å². The second-order valence-corrected chi connectivity index (χ2v) is 14.6. The highest BCUT2D eigenvalue weighted by atomic mass is 19.4. The number of carbonyl (C=O) groups is 5. The van der Waals surface area contributed by atoms with Gasteiger partial charge in [-0.3, -0.25) is 24.0 Å². The summed E-state index contributed by atoms with van der Waals surface area (Å²) in [6, 6.07) is 13.9. The molecule has 0 aromatic heterocycles. The SMILES string of the molecule is C=CC(=O)Nc1ccc(C(=O)N(C)CC(CCO)CCCC)c(CC(=O)O)c1.CN(CC1CCOCC1)C(=O)c1ccc(-c2ccccc2C(F)(F)F)cc1CC(=O)O. The van der Waals surface area contributed by atoms with E-state index in [2.05, 4.69) is 18.8 Å². The Hall–Kier alpha value is -5.54. The average molecular weight is 826 g/mol. The highest BCUT2D eigenvalue weighted by Crippen LogP contribution is 2.37. The predicted octanol–water partition coefficient (Wildman–Crippen LogP) is 7.20. The molecule has 1 aliphatic heterocycles. The van der Waals surface area contributed by atoms with Crippen LogP contribution in [0.4, 0.5) is 18.9 Å². The summed E-state index contributed by atoms with van der Waals surface area (Å²) in [6.07, 6.45) is 1.05. The van der Waals surface area contributed by atoms with Gasteiger partial charge in [0.2, 0.25) is 5.91 Å². The zero-order chi connectivity index (χ0) is 43.7. The van der Waals surface area contributed by atoms with Crippen molar-refractivity contribution in [3.63, 3.8) is 0 Å². The summed E-state index contributed by atoms with van der Waals surface area (Å²) in [7, 11) is 3.33. The van der Waals surface area contributed by atoms with Crippen LogP contribution in [0.25, 0.3) is 11.1 Å². The third-order valence-corrected chi connectivity index (χ3v) is 9.95. The van der Waals surface area contributed by atoms with Crippen molar-refractivity contribution >= 4 is 35.3 Å². The third-order valence-electron chi connectivity index (χ3n) is 9.95. The molecule has 15 heteroatoms. The Bertz CT molecular complexity index is 1930. The number of alkyl halides is 3. The molecule has 0 aliphatic carbocycles. The zero-order valence-corrected chi connectivity index (χ0v) is 33.7. The molecule has 59 heavy (non-hydrogen) atoms. The number of aliphatic hydroxyl groups excluding tert-OH is 1. The number of hydrogen-bond donors (Lipinski definition) is 4. The number of hydrogen-bond acceptors (Lipinski definition) is 7. The van der Waals surface area contributed by atoms with E-state index in [0.717, 1.165) is 44.2 Å². The number of anilines is 1. The van der Waals surface area contributed by atoms with Crippen LogP contribution in [0.1, 0.15) is 82.9 Å². The van der Waals surface area contributed by atoms with Crippen molar-refractivity contribution in [1.29, 1.82) is 0 Å². The molecule has 0 radical (unpaired) electrons. The molecule has 12 nitrogen and oxygen atoms in total. The number of nitrogens with zero attached hydrogens (tertiary/aromatic N) is 2. The van der Waals surface area contributed by atoms with Gasteiger partial charge in [-0.25, -0.2) is 0 Å². The van der Waals surface area contributed by atoms with Crippen molar-refractivity contribution in [2.75, 3.05) is 52.3 Å². The maximum Gasteiger partial charge on any atom is 0.417 e. The number of rotatable bonds is 18. The van der Waals surface area contributed by atoms with Crippen molar-refractivity contribution < 1.29 is 57.2 Å². The van der Waals surface area contributed by atoms with E-state index < -0.39 is 36.0 Å². The normalized spacial score (nSPS) is 13.3. The fourth-order valence-electron chi connectivity index (χ4n) is 6.93. The number of unbranched alkanes of at least 4 members (excludes halogenated alkanes) is 1. The summed E-state index contributed by atoms with van der Waals surface area (Å²) >= 11 is 0. The number of carboxylic acids is 2. The van der Waals surface area contributed by atoms with E-state index in [4.69, 9.17) is 4.74 Å². The predicted molar refractivity (Wildman–Crippen MR) is 217 cm³/mol. The first-order valence-corrected chi connectivity index (χ1v) is 19.5. The molecule has 4 rings (SSSR count). The first-order chi connectivity index (χ1) is 28.0. The smallest absolute Gasteiger partial charge is 0.417 e. The molecule has 320 valence electrons. The van der Waals surface area contributed by atoms with Gasteiger partial charge in [0.1, 0.15) is 0 Å². The monoisotopic (exact) mass is 825 g/mol. The van der Waals surface area contributed by atoms with Crippen LogP contribution in [0.5, 0.6) is 0 Å². The van der Waals surface area contributed by atoms with Crippen LogP contribution in [0, 0.1) is 11.8 Å². The lowest BCUT2D eigenvalue weighted by Gasteiger charge is -2.27. The molecule has 1 fully saturated rings. The van der Waals surface area contributed by atoms with Crippen molar-refractivity contribution in [3.05, 3.63) is 101 Å². The number of halogens is 3. The quantitative estimate of drug-likeness (QED) is 0.0968. The summed E-state index contributed by atoms with van der Waals surface area (Å²) < 4.78 is 45.6. The van der Waals surface area contributed by atoms with Crippen LogP contribution < -0.4 is 5.32 Å². The Balaban J connectivity index is 0.000000317. The van der Waals surface area contributed by atoms with Gasteiger partial charge in [-0.15, -0.1) is 0 Å². The first-order valence-electron chi connectivity index (χ1n) is 19.5. The van der Waals surface area contributed by atoms with Crippen molar-refractivity contribution in [1.82, 2.24) is 9.80 Å². The standard InChI is InChI=1S/C23H24F3NO4.C21H30N2O5/c1-27(14-15-8-10-31-11-9-15)22(30)19-7-6-16(12-17(19)13-21(28)29)18-4-2-3-5-20(18)23(24,25)26;1-4-6-7-15(10-11-24)14-23(3)21(28)18-9-8-17(22-19(25)5-2)12-16(18)13-20(26)27/h2-7,12,15H,8-11,13-14H2,1H3,(H,28,29);5,8-9,12,15,24H,2,4,6-7,10-11,13-14H2,1,3H3,(H,22,25)(H,26,27). The molecule has 3 aromatic carbocycles. The Morgan fingerprint density at radius 3 is 2.05 bits per heavy atom. The van der Waals surface area contributed by atoms with Crippen LogP contribution in [0.15, 0.2) is 73.3 Å². The summed E-state index contributed by atoms with van der Waals surface area (Å²) in [5.74, 6) is -2.79. The minimum absolute atomic E-state index is 0.0591. The largest absolute Gasteiger partial charge is 0.481 e. The summed E-state index contributed by atoms with van der Waals surface area (Å²) in [5.41, 5.74) is 0.742. The maximum atomic E-state index is 13.4. The second kappa shape index (κ2) is 23.2.